The van der Waals surface area contributed by atoms with Crippen LogP contribution in [0.25, 0.3) is 0 Å². The maximum absolute atomic E-state index is 10.7. The van der Waals surface area contributed by atoms with Crippen LogP contribution in [0.15, 0.2) is 18.6 Å². The third kappa shape index (κ3) is 4.01. The molecule has 0 amide bonds. The van der Waals surface area contributed by atoms with E-state index in [9.17, 15) is 4.79 Å². The summed E-state index contributed by atoms with van der Waals surface area (Å²) < 4.78 is 1.73. The Morgan fingerprint density at radius 2 is 2.19 bits per heavy atom. The second-order valence-corrected chi connectivity index (χ2v) is 5.14. The van der Waals surface area contributed by atoms with Crippen molar-refractivity contribution in [3.8, 4) is 0 Å². The zero-order valence-electron chi connectivity index (χ0n) is 12.4. The molecule has 0 radical (unpaired) electrons. The molecular weight excluding hydrogens is 270 g/mol. The Morgan fingerprint density at radius 3 is 2.81 bits per heavy atom. The van der Waals surface area contributed by atoms with Crippen LogP contribution in [0.2, 0.25) is 0 Å². The summed E-state index contributed by atoms with van der Waals surface area (Å²) in [6.07, 6.45) is 3.02. The Hall–Kier alpha value is -2.44. The molecule has 2 aromatic heterocycles. The van der Waals surface area contributed by atoms with Crippen molar-refractivity contribution in [2.75, 3.05) is 11.9 Å². The van der Waals surface area contributed by atoms with E-state index in [0.717, 1.165) is 17.3 Å². The lowest BCUT2D eigenvalue weighted by Gasteiger charge is -2.10. The van der Waals surface area contributed by atoms with Crippen LogP contribution < -0.4 is 5.32 Å². The standard InChI is InChI=1S/C14H19N5O2/c1-9(2)13-17-10(3)6-12(18-13)15-4-5-19-7-11(14(20)21)16-8-19/h6-9H,4-5H2,1-3H3,(H,20,21)(H,15,17,18). The summed E-state index contributed by atoms with van der Waals surface area (Å²) in [6, 6.07) is 1.89. The Balaban J connectivity index is 1.95. The molecule has 0 spiro atoms. The van der Waals surface area contributed by atoms with Crippen molar-refractivity contribution in [2.45, 2.75) is 33.2 Å². The molecule has 0 unspecified atom stereocenters. The quantitative estimate of drug-likeness (QED) is 0.844. The fourth-order valence-corrected chi connectivity index (χ4v) is 1.85. The number of carbonyl (C=O) groups is 1. The Labute approximate surface area is 123 Å². The van der Waals surface area contributed by atoms with Gasteiger partial charge in [-0.3, -0.25) is 0 Å². The van der Waals surface area contributed by atoms with Crippen LogP contribution in [0.5, 0.6) is 0 Å². The minimum Gasteiger partial charge on any atom is -0.476 e. The van der Waals surface area contributed by atoms with Gasteiger partial charge in [0, 0.05) is 37.0 Å². The van der Waals surface area contributed by atoms with Gasteiger partial charge in [0.2, 0.25) is 0 Å². The Morgan fingerprint density at radius 1 is 1.43 bits per heavy atom. The smallest absolute Gasteiger partial charge is 0.356 e. The van der Waals surface area contributed by atoms with Crippen molar-refractivity contribution >= 4 is 11.8 Å². The maximum Gasteiger partial charge on any atom is 0.356 e. The lowest BCUT2D eigenvalue weighted by Crippen LogP contribution is -2.12. The second kappa shape index (κ2) is 6.34. The molecule has 7 heteroatoms. The zero-order chi connectivity index (χ0) is 15.4. The number of imidazole rings is 1. The van der Waals surface area contributed by atoms with Crippen LogP contribution in [-0.2, 0) is 6.54 Å². The predicted octanol–water partition coefficient (Wildman–Crippen LogP) is 1.92. The van der Waals surface area contributed by atoms with E-state index in [4.69, 9.17) is 5.11 Å². The maximum atomic E-state index is 10.7. The highest BCUT2D eigenvalue weighted by Crippen LogP contribution is 2.13. The van der Waals surface area contributed by atoms with Gasteiger partial charge in [0.15, 0.2) is 5.69 Å². The first-order chi connectivity index (χ1) is 9.95. The Bertz CT molecular complexity index is 636. The van der Waals surface area contributed by atoms with E-state index in [1.807, 2.05) is 13.0 Å². The molecule has 2 aromatic rings. The number of carboxylic acid groups (broad SMARTS) is 1. The van der Waals surface area contributed by atoms with Gasteiger partial charge in [-0.05, 0) is 6.92 Å². The molecule has 0 aromatic carbocycles. The highest BCUT2D eigenvalue weighted by Gasteiger charge is 2.07. The Kier molecular flexibility index (Phi) is 4.52. The molecule has 2 N–H and O–H groups in total. The van der Waals surface area contributed by atoms with Crippen LogP contribution in [0.1, 0.15) is 41.8 Å². The SMILES string of the molecule is Cc1cc(NCCn2cnc(C(=O)O)c2)nc(C(C)C)n1. The van der Waals surface area contributed by atoms with Gasteiger partial charge in [-0.15, -0.1) is 0 Å². The summed E-state index contributed by atoms with van der Waals surface area (Å²) in [4.78, 5) is 23.4. The number of hydrogen-bond acceptors (Lipinski definition) is 5. The van der Waals surface area contributed by atoms with Crippen molar-refractivity contribution in [1.82, 2.24) is 19.5 Å². The van der Waals surface area contributed by atoms with Crippen LogP contribution in [0.3, 0.4) is 0 Å². The van der Waals surface area contributed by atoms with E-state index in [1.54, 1.807) is 4.57 Å². The van der Waals surface area contributed by atoms with Gasteiger partial charge >= 0.3 is 5.97 Å². The molecule has 0 bridgehead atoms. The van der Waals surface area contributed by atoms with Gasteiger partial charge in [-0.1, -0.05) is 13.8 Å². The molecule has 2 rings (SSSR count). The fraction of sp³-hybridized carbons (Fsp3) is 0.429. The van der Waals surface area contributed by atoms with E-state index in [1.165, 1.54) is 12.5 Å². The first-order valence-electron chi connectivity index (χ1n) is 6.80. The van der Waals surface area contributed by atoms with E-state index in [0.29, 0.717) is 13.1 Å². The van der Waals surface area contributed by atoms with Gasteiger partial charge in [0.25, 0.3) is 0 Å². The van der Waals surface area contributed by atoms with Crippen molar-refractivity contribution in [3.63, 3.8) is 0 Å². The molecule has 0 atom stereocenters. The third-order valence-corrected chi connectivity index (χ3v) is 2.92. The van der Waals surface area contributed by atoms with Crippen LogP contribution in [0, 0.1) is 6.92 Å². The predicted molar refractivity (Wildman–Crippen MR) is 78.5 cm³/mol. The number of nitrogens with zero attached hydrogens (tertiary/aromatic N) is 4. The van der Waals surface area contributed by atoms with Crippen molar-refractivity contribution in [1.29, 1.82) is 0 Å². The van der Waals surface area contributed by atoms with Crippen LogP contribution >= 0.6 is 0 Å². The number of anilines is 1. The molecular formula is C14H19N5O2. The number of aryl methyl sites for hydroxylation is 1. The summed E-state index contributed by atoms with van der Waals surface area (Å²) in [5.41, 5.74) is 0.974. The second-order valence-electron chi connectivity index (χ2n) is 5.14. The third-order valence-electron chi connectivity index (χ3n) is 2.92. The zero-order valence-corrected chi connectivity index (χ0v) is 12.4. The minimum absolute atomic E-state index is 0.0509. The number of rotatable bonds is 6. The monoisotopic (exact) mass is 289 g/mol. The van der Waals surface area contributed by atoms with Crippen molar-refractivity contribution in [2.24, 2.45) is 0 Å². The van der Waals surface area contributed by atoms with Crippen molar-refractivity contribution in [3.05, 3.63) is 35.8 Å². The average molecular weight is 289 g/mol. The molecule has 7 nitrogen and oxygen atoms in total. The normalized spacial score (nSPS) is 10.9. The van der Waals surface area contributed by atoms with Crippen LogP contribution in [-0.4, -0.2) is 37.1 Å². The first-order valence-corrected chi connectivity index (χ1v) is 6.80. The molecule has 21 heavy (non-hydrogen) atoms. The molecule has 0 aliphatic carbocycles. The molecule has 112 valence electrons. The highest BCUT2D eigenvalue weighted by molar-refractivity contribution is 5.84. The van der Waals surface area contributed by atoms with Gasteiger partial charge in [0.1, 0.15) is 11.6 Å². The van der Waals surface area contributed by atoms with Gasteiger partial charge in [-0.25, -0.2) is 19.7 Å². The lowest BCUT2D eigenvalue weighted by atomic mass is 10.2. The summed E-state index contributed by atoms with van der Waals surface area (Å²) >= 11 is 0. The first kappa shape index (κ1) is 15.0. The number of carboxylic acids is 1. The minimum atomic E-state index is -1.02. The van der Waals surface area contributed by atoms with E-state index in [-0.39, 0.29) is 11.6 Å². The van der Waals surface area contributed by atoms with Crippen LogP contribution in [0.4, 0.5) is 5.82 Å². The van der Waals surface area contributed by atoms with E-state index >= 15 is 0 Å². The lowest BCUT2D eigenvalue weighted by molar-refractivity contribution is 0.0691. The summed E-state index contributed by atoms with van der Waals surface area (Å²) in [6.45, 7) is 7.28. The summed E-state index contributed by atoms with van der Waals surface area (Å²) in [7, 11) is 0. The number of aromatic carboxylic acids is 1. The van der Waals surface area contributed by atoms with Gasteiger partial charge in [0.05, 0.1) is 6.33 Å². The van der Waals surface area contributed by atoms with E-state index < -0.39 is 5.97 Å². The highest BCUT2D eigenvalue weighted by atomic mass is 16.4. The summed E-state index contributed by atoms with van der Waals surface area (Å²) in [5, 5.41) is 12.0. The fourth-order valence-electron chi connectivity index (χ4n) is 1.85. The van der Waals surface area contributed by atoms with Gasteiger partial charge in [-0.2, -0.15) is 0 Å². The van der Waals surface area contributed by atoms with E-state index in [2.05, 4.69) is 34.1 Å². The number of hydrogen-bond donors (Lipinski definition) is 2. The number of nitrogens with one attached hydrogen (secondary N) is 1. The molecule has 0 saturated carbocycles. The molecule has 0 fully saturated rings. The molecule has 0 saturated heterocycles. The molecule has 2 heterocycles. The topological polar surface area (TPSA) is 92.9 Å². The molecule has 0 aliphatic rings. The van der Waals surface area contributed by atoms with Crippen molar-refractivity contribution < 1.29 is 9.90 Å². The molecule has 0 aliphatic heterocycles. The number of aromatic nitrogens is 4. The summed E-state index contributed by atoms with van der Waals surface area (Å²) in [5.74, 6) is 0.852. The van der Waals surface area contributed by atoms with Gasteiger partial charge < -0.3 is 15.0 Å². The average Bonchev–Trinajstić information content (AvgIpc) is 2.87. The largest absolute Gasteiger partial charge is 0.476 e.